The fourth-order valence-corrected chi connectivity index (χ4v) is 2.97. The zero-order chi connectivity index (χ0) is 22.6. The predicted molar refractivity (Wildman–Crippen MR) is 112 cm³/mol. The Morgan fingerprint density at radius 2 is 1.73 bits per heavy atom. The third-order valence-electron chi connectivity index (χ3n) is 4.44. The molecule has 30 heavy (non-hydrogen) atoms. The average Bonchev–Trinajstić information content (AvgIpc) is 2.69. The number of aromatic nitrogens is 1. The zero-order valence-corrected chi connectivity index (χ0v) is 18.3. The smallest absolute Gasteiger partial charge is 0.308 e. The van der Waals surface area contributed by atoms with Gasteiger partial charge in [0.25, 0.3) is 0 Å². The number of aryl methyl sites for hydroxylation is 1. The van der Waals surface area contributed by atoms with Gasteiger partial charge in [-0.25, -0.2) is 4.98 Å². The molecule has 0 atom stereocenters. The topological polar surface area (TPSA) is 104 Å². The van der Waals surface area contributed by atoms with Crippen LogP contribution in [-0.2, 0) is 16.0 Å². The Kier molecular flexibility index (Phi) is 7.04. The van der Waals surface area contributed by atoms with Crippen LogP contribution < -0.4 is 18.9 Å². The second-order valence-electron chi connectivity index (χ2n) is 7.06. The van der Waals surface area contributed by atoms with Crippen molar-refractivity contribution in [1.29, 1.82) is 0 Å². The lowest BCUT2D eigenvalue weighted by molar-refractivity contribution is -0.132. The molecule has 0 saturated heterocycles. The molecule has 0 aliphatic carbocycles. The van der Waals surface area contributed by atoms with Crippen molar-refractivity contribution >= 4 is 28.7 Å². The second kappa shape index (κ2) is 9.13. The molecule has 1 heterocycles. The molecule has 0 aliphatic rings. The van der Waals surface area contributed by atoms with E-state index in [9.17, 15) is 14.7 Å². The van der Waals surface area contributed by atoms with Crippen molar-refractivity contribution in [2.45, 2.75) is 39.7 Å². The molecule has 2 aromatic rings. The van der Waals surface area contributed by atoms with Crippen LogP contribution in [0, 0.1) is 0 Å². The molecular weight excluding hydrogens is 390 g/mol. The van der Waals surface area contributed by atoms with E-state index < -0.39 is 17.4 Å². The number of hydrogen-bond donors (Lipinski definition) is 1. The fourth-order valence-electron chi connectivity index (χ4n) is 2.97. The Balaban J connectivity index is 2.96. The van der Waals surface area contributed by atoms with Crippen LogP contribution in [0.3, 0.4) is 0 Å². The average molecular weight is 417 g/mol. The van der Waals surface area contributed by atoms with Gasteiger partial charge in [-0.3, -0.25) is 9.59 Å². The van der Waals surface area contributed by atoms with E-state index in [0.29, 0.717) is 28.8 Å². The Hall–Kier alpha value is -3.13. The van der Waals surface area contributed by atoms with E-state index in [1.807, 2.05) is 6.92 Å². The molecule has 0 fully saturated rings. The lowest BCUT2D eigenvalue weighted by Gasteiger charge is -2.19. The van der Waals surface area contributed by atoms with Crippen LogP contribution in [0.4, 0.5) is 0 Å². The lowest BCUT2D eigenvalue weighted by atomic mass is 10.0. The number of fused-ring (bicyclic) bond motifs is 1. The maximum atomic E-state index is 12.2. The largest absolute Gasteiger partial charge is 0.496 e. The minimum atomic E-state index is -1.55. The van der Waals surface area contributed by atoms with Crippen molar-refractivity contribution in [3.8, 4) is 23.0 Å². The Morgan fingerprint density at radius 1 is 1.10 bits per heavy atom. The summed E-state index contributed by atoms with van der Waals surface area (Å²) in [4.78, 5) is 28.6. The molecule has 1 N–H and O–H groups in total. The number of benzene rings is 1. The maximum Gasteiger partial charge on any atom is 0.308 e. The first-order valence-corrected chi connectivity index (χ1v) is 9.37. The van der Waals surface area contributed by atoms with Gasteiger partial charge < -0.3 is 24.1 Å². The molecule has 0 radical (unpaired) electrons. The van der Waals surface area contributed by atoms with Gasteiger partial charge in [-0.05, 0) is 44.1 Å². The Morgan fingerprint density at radius 3 is 2.20 bits per heavy atom. The number of pyridine rings is 1. The van der Waals surface area contributed by atoms with Crippen molar-refractivity contribution in [3.05, 3.63) is 23.4 Å². The summed E-state index contributed by atoms with van der Waals surface area (Å²) in [5.41, 5.74) is -0.0837. The van der Waals surface area contributed by atoms with Crippen molar-refractivity contribution in [2.75, 3.05) is 21.3 Å². The van der Waals surface area contributed by atoms with Gasteiger partial charge in [0.2, 0.25) is 0 Å². The standard InChI is InChI=1S/C22H27NO7/c1-8-13-11-15(27-5)17-18(19(13)28-6)23-14(9-10-16(25)22(3,4)26)20(29-7)21(17)30-12(2)24/h9-11,26H,8H2,1-7H3. The molecule has 0 amide bonds. The number of rotatable bonds is 8. The third-order valence-corrected chi connectivity index (χ3v) is 4.44. The Labute approximate surface area is 175 Å². The van der Waals surface area contributed by atoms with Gasteiger partial charge in [-0.1, -0.05) is 6.92 Å². The van der Waals surface area contributed by atoms with Crippen LogP contribution >= 0.6 is 0 Å². The minimum Gasteiger partial charge on any atom is -0.496 e. The summed E-state index contributed by atoms with van der Waals surface area (Å²) >= 11 is 0. The monoisotopic (exact) mass is 417 g/mol. The van der Waals surface area contributed by atoms with E-state index >= 15 is 0 Å². The summed E-state index contributed by atoms with van der Waals surface area (Å²) in [7, 11) is 4.42. The number of nitrogens with zero attached hydrogens (tertiary/aromatic N) is 1. The number of carbonyl (C=O) groups excluding carboxylic acids is 2. The highest BCUT2D eigenvalue weighted by atomic mass is 16.6. The summed E-state index contributed by atoms with van der Waals surface area (Å²) in [6, 6.07) is 1.79. The van der Waals surface area contributed by atoms with Crippen LogP contribution in [-0.4, -0.2) is 48.8 Å². The number of ketones is 1. The number of aliphatic hydroxyl groups is 1. The summed E-state index contributed by atoms with van der Waals surface area (Å²) in [6.07, 6.45) is 3.24. The second-order valence-corrected chi connectivity index (χ2v) is 7.06. The van der Waals surface area contributed by atoms with E-state index in [4.69, 9.17) is 18.9 Å². The SMILES string of the molecule is CCc1cc(OC)c2c(OC(C)=O)c(OC)c(C=CC(=O)C(C)(C)O)nc2c1OC. The number of hydrogen-bond acceptors (Lipinski definition) is 8. The molecule has 0 spiro atoms. The van der Waals surface area contributed by atoms with E-state index in [-0.39, 0.29) is 17.2 Å². The van der Waals surface area contributed by atoms with Crippen LogP contribution in [0.5, 0.6) is 23.0 Å². The van der Waals surface area contributed by atoms with Gasteiger partial charge in [0.05, 0.1) is 26.7 Å². The molecule has 0 aliphatic heterocycles. The zero-order valence-electron chi connectivity index (χ0n) is 18.3. The number of ether oxygens (including phenoxy) is 4. The van der Waals surface area contributed by atoms with Crippen molar-refractivity contribution in [1.82, 2.24) is 4.98 Å². The fraction of sp³-hybridized carbons (Fsp3) is 0.409. The van der Waals surface area contributed by atoms with Crippen molar-refractivity contribution < 1.29 is 33.6 Å². The van der Waals surface area contributed by atoms with Crippen LogP contribution in [0.1, 0.15) is 39.0 Å². The van der Waals surface area contributed by atoms with E-state index in [2.05, 4.69) is 4.98 Å². The predicted octanol–water partition coefficient (Wildman–Crippen LogP) is 3.10. The minimum absolute atomic E-state index is 0.100. The number of methoxy groups -OCH3 is 3. The van der Waals surface area contributed by atoms with E-state index in [1.54, 1.807) is 6.07 Å². The molecule has 8 nitrogen and oxygen atoms in total. The quantitative estimate of drug-likeness (QED) is 0.516. The van der Waals surface area contributed by atoms with E-state index in [0.717, 1.165) is 5.56 Å². The molecule has 0 saturated carbocycles. The molecule has 0 unspecified atom stereocenters. The van der Waals surface area contributed by atoms with E-state index in [1.165, 1.54) is 54.3 Å². The first kappa shape index (κ1) is 23.2. The number of esters is 1. The van der Waals surface area contributed by atoms with Gasteiger partial charge >= 0.3 is 5.97 Å². The maximum absolute atomic E-state index is 12.2. The summed E-state index contributed by atoms with van der Waals surface area (Å²) in [5, 5.41) is 10.3. The molecule has 162 valence electrons. The van der Waals surface area contributed by atoms with Gasteiger partial charge in [0.1, 0.15) is 28.3 Å². The van der Waals surface area contributed by atoms with Crippen molar-refractivity contribution in [3.63, 3.8) is 0 Å². The van der Waals surface area contributed by atoms with Crippen LogP contribution in [0.25, 0.3) is 17.0 Å². The molecule has 0 bridgehead atoms. The normalized spacial score (nSPS) is 11.6. The highest BCUT2D eigenvalue weighted by Gasteiger charge is 2.26. The first-order valence-electron chi connectivity index (χ1n) is 9.37. The van der Waals surface area contributed by atoms with Crippen LogP contribution in [0.15, 0.2) is 12.1 Å². The molecule has 1 aromatic carbocycles. The molecule has 1 aromatic heterocycles. The molecule has 8 heteroatoms. The Bertz CT molecular complexity index is 1000. The van der Waals surface area contributed by atoms with Gasteiger partial charge in [0, 0.05) is 6.92 Å². The number of carbonyl (C=O) groups is 2. The van der Waals surface area contributed by atoms with Gasteiger partial charge in [-0.15, -0.1) is 0 Å². The first-order chi connectivity index (χ1) is 14.1. The van der Waals surface area contributed by atoms with Crippen LogP contribution in [0.2, 0.25) is 0 Å². The highest BCUT2D eigenvalue weighted by Crippen LogP contribution is 2.46. The highest BCUT2D eigenvalue weighted by molar-refractivity contribution is 6.02. The third kappa shape index (κ3) is 4.54. The summed E-state index contributed by atoms with van der Waals surface area (Å²) in [6.45, 7) is 6.00. The summed E-state index contributed by atoms with van der Waals surface area (Å²) < 4.78 is 22.1. The van der Waals surface area contributed by atoms with Gasteiger partial charge in [-0.2, -0.15) is 0 Å². The summed E-state index contributed by atoms with van der Waals surface area (Å²) in [5.74, 6) is 0.0853. The molecular formula is C22H27NO7. The van der Waals surface area contributed by atoms with Gasteiger partial charge in [0.15, 0.2) is 17.3 Å². The van der Waals surface area contributed by atoms with Crippen molar-refractivity contribution in [2.24, 2.45) is 0 Å². The molecule has 2 rings (SSSR count). The lowest BCUT2D eigenvalue weighted by Crippen LogP contribution is -2.29.